The Hall–Kier alpha value is 0.445. The van der Waals surface area contributed by atoms with Gasteiger partial charge in [-0.2, -0.15) is 0 Å². The first-order valence-corrected chi connectivity index (χ1v) is 5.49. The van der Waals surface area contributed by atoms with Crippen molar-refractivity contribution in [3.8, 4) is 0 Å². The Kier molecular flexibility index (Phi) is 2.33. The van der Waals surface area contributed by atoms with Crippen LogP contribution in [0.3, 0.4) is 0 Å². The van der Waals surface area contributed by atoms with Crippen molar-refractivity contribution in [1.29, 1.82) is 0 Å². The van der Waals surface area contributed by atoms with E-state index in [9.17, 15) is 0 Å². The predicted molar refractivity (Wildman–Crippen MR) is 31.1 cm³/mol. The summed E-state index contributed by atoms with van der Waals surface area (Å²) in [6, 6.07) is 8.02. The molecule has 0 spiro atoms. The molecule has 0 radical (unpaired) electrons. The maximum absolute atomic E-state index is 5.63. The molecular formula is C6H4ClHg. The SMILES string of the molecule is Clc1cc[c]([Hg])cc1. The predicted octanol–water partition coefficient (Wildman–Crippen LogP) is 1.51. The summed E-state index contributed by atoms with van der Waals surface area (Å²) in [5, 5.41) is 0.833. The van der Waals surface area contributed by atoms with Crippen LogP contribution in [-0.2, 0) is 26.1 Å². The summed E-state index contributed by atoms with van der Waals surface area (Å²) in [4.78, 5) is 0. The second-order valence-corrected chi connectivity index (χ2v) is 5.24. The molecule has 0 aromatic heterocycles. The number of halogens is 1. The van der Waals surface area contributed by atoms with Crippen molar-refractivity contribution < 1.29 is 26.1 Å². The van der Waals surface area contributed by atoms with Crippen LogP contribution < -0.4 is 3.07 Å². The first-order valence-electron chi connectivity index (χ1n) is 2.36. The van der Waals surface area contributed by atoms with E-state index in [1.165, 1.54) is 3.07 Å². The molecule has 8 heavy (non-hydrogen) atoms. The Balaban J connectivity index is 3.03. The van der Waals surface area contributed by atoms with Crippen molar-refractivity contribution >= 4 is 14.7 Å². The molecular weight excluding hydrogens is 308 g/mol. The Morgan fingerprint density at radius 2 is 1.62 bits per heavy atom. The van der Waals surface area contributed by atoms with Crippen molar-refractivity contribution in [3.05, 3.63) is 29.3 Å². The normalized spacial score (nSPS) is 9.38. The summed E-state index contributed by atoms with van der Waals surface area (Å²) in [5.74, 6) is 0. The third-order valence-electron chi connectivity index (χ3n) is 0.913. The van der Waals surface area contributed by atoms with Crippen LogP contribution in [0.5, 0.6) is 0 Å². The fraction of sp³-hybridized carbons (Fsp3) is 0. The third-order valence-corrected chi connectivity index (χ3v) is 3.00. The molecule has 0 aliphatic carbocycles. The molecule has 0 saturated carbocycles. The number of rotatable bonds is 0. The summed E-state index contributed by atoms with van der Waals surface area (Å²) in [6.07, 6.45) is 0. The van der Waals surface area contributed by atoms with Gasteiger partial charge in [0.15, 0.2) is 0 Å². The molecule has 2 heteroatoms. The molecule has 0 bridgehead atoms. The van der Waals surface area contributed by atoms with Crippen LogP contribution in [-0.4, -0.2) is 0 Å². The van der Waals surface area contributed by atoms with Crippen LogP contribution in [0.2, 0.25) is 5.02 Å². The number of hydrogen-bond acceptors (Lipinski definition) is 0. The van der Waals surface area contributed by atoms with Gasteiger partial charge in [0, 0.05) is 0 Å². The Bertz CT molecular complexity index is 147. The number of benzene rings is 1. The Labute approximate surface area is 69.8 Å². The summed E-state index contributed by atoms with van der Waals surface area (Å²) >= 11 is 6.38. The van der Waals surface area contributed by atoms with Crippen LogP contribution in [0.15, 0.2) is 24.3 Å². The van der Waals surface area contributed by atoms with E-state index in [0.29, 0.717) is 0 Å². The third kappa shape index (κ3) is 1.75. The van der Waals surface area contributed by atoms with Gasteiger partial charge in [-0.05, 0) is 0 Å². The van der Waals surface area contributed by atoms with Crippen molar-refractivity contribution in [3.63, 3.8) is 0 Å². The van der Waals surface area contributed by atoms with Gasteiger partial charge >= 0.3 is 70.1 Å². The molecule has 37 valence electrons. The quantitative estimate of drug-likeness (QED) is 0.637. The van der Waals surface area contributed by atoms with Crippen LogP contribution in [0, 0.1) is 0 Å². The summed E-state index contributed by atoms with van der Waals surface area (Å²) in [5.41, 5.74) is 0. The fourth-order valence-corrected chi connectivity index (χ4v) is 1.53. The van der Waals surface area contributed by atoms with Gasteiger partial charge < -0.3 is 0 Å². The van der Waals surface area contributed by atoms with Crippen molar-refractivity contribution in [1.82, 2.24) is 0 Å². The molecule has 0 aliphatic rings. The standard InChI is InChI=1S/C6H4Cl.Hg/c7-6-4-2-1-3-5-6;/h2-5H;. The second-order valence-electron chi connectivity index (χ2n) is 1.63. The topological polar surface area (TPSA) is 0 Å². The van der Waals surface area contributed by atoms with Gasteiger partial charge in [-0.15, -0.1) is 0 Å². The molecule has 0 nitrogen and oxygen atoms in total. The molecule has 1 rings (SSSR count). The van der Waals surface area contributed by atoms with Crippen LogP contribution >= 0.6 is 11.6 Å². The van der Waals surface area contributed by atoms with Gasteiger partial charge in [0.2, 0.25) is 0 Å². The Morgan fingerprint density at radius 3 is 2.00 bits per heavy atom. The molecule has 0 amide bonds. The molecule has 0 fully saturated rings. The van der Waals surface area contributed by atoms with E-state index < -0.39 is 0 Å². The molecule has 0 aliphatic heterocycles. The van der Waals surface area contributed by atoms with E-state index in [2.05, 4.69) is 12.1 Å². The maximum atomic E-state index is 5.63. The average Bonchev–Trinajstić information content (AvgIpc) is 1.77. The first-order chi connectivity index (χ1) is 3.79. The van der Waals surface area contributed by atoms with Gasteiger partial charge in [-0.3, -0.25) is 0 Å². The molecule has 0 atom stereocenters. The van der Waals surface area contributed by atoms with Crippen molar-refractivity contribution in [2.75, 3.05) is 0 Å². The van der Waals surface area contributed by atoms with E-state index in [1.807, 2.05) is 12.1 Å². The average molecular weight is 312 g/mol. The van der Waals surface area contributed by atoms with E-state index >= 15 is 0 Å². The van der Waals surface area contributed by atoms with Gasteiger partial charge in [-0.25, -0.2) is 0 Å². The van der Waals surface area contributed by atoms with Crippen molar-refractivity contribution in [2.24, 2.45) is 0 Å². The summed E-state index contributed by atoms with van der Waals surface area (Å²) < 4.78 is 1.44. The molecule has 0 unspecified atom stereocenters. The minimum atomic E-state index is 0.743. The zero-order chi connectivity index (χ0) is 5.98. The number of hydrogen-bond donors (Lipinski definition) is 0. The van der Waals surface area contributed by atoms with Crippen molar-refractivity contribution in [2.45, 2.75) is 0 Å². The molecule has 0 heterocycles. The van der Waals surface area contributed by atoms with E-state index in [1.54, 1.807) is 0 Å². The zero-order valence-corrected chi connectivity index (χ0v) is 10.6. The van der Waals surface area contributed by atoms with Gasteiger partial charge in [0.05, 0.1) is 0 Å². The summed E-state index contributed by atoms with van der Waals surface area (Å²) in [6.45, 7) is 0. The molecule has 0 N–H and O–H groups in total. The van der Waals surface area contributed by atoms with E-state index in [4.69, 9.17) is 11.6 Å². The Morgan fingerprint density at radius 1 is 1.12 bits per heavy atom. The molecule has 0 saturated heterocycles. The van der Waals surface area contributed by atoms with Gasteiger partial charge in [-0.1, -0.05) is 0 Å². The van der Waals surface area contributed by atoms with Gasteiger partial charge in [0.25, 0.3) is 0 Å². The van der Waals surface area contributed by atoms with Crippen LogP contribution in [0.25, 0.3) is 0 Å². The van der Waals surface area contributed by atoms with E-state index in [-0.39, 0.29) is 0 Å². The first kappa shape index (κ1) is 6.56. The monoisotopic (exact) mass is 313 g/mol. The van der Waals surface area contributed by atoms with Gasteiger partial charge in [0.1, 0.15) is 0 Å². The zero-order valence-electron chi connectivity index (χ0n) is 4.39. The second kappa shape index (κ2) is 2.83. The van der Waals surface area contributed by atoms with E-state index in [0.717, 1.165) is 31.1 Å². The fourth-order valence-electron chi connectivity index (χ4n) is 0.484. The van der Waals surface area contributed by atoms with Crippen LogP contribution in [0.1, 0.15) is 0 Å². The van der Waals surface area contributed by atoms with Crippen LogP contribution in [0.4, 0.5) is 0 Å². The summed E-state index contributed by atoms with van der Waals surface area (Å²) in [7, 11) is 0. The molecule has 1 aromatic carbocycles. The molecule has 1 aromatic rings. The minimum absolute atomic E-state index is 0.743.